The van der Waals surface area contributed by atoms with Crippen LogP contribution in [0.15, 0.2) is 35.6 Å². The minimum absolute atomic E-state index is 0.0643. The summed E-state index contributed by atoms with van der Waals surface area (Å²) in [5.74, 6) is 1.03. The number of nitrogens with zero attached hydrogens (tertiary/aromatic N) is 3. The van der Waals surface area contributed by atoms with Gasteiger partial charge in [-0.15, -0.1) is 0 Å². The summed E-state index contributed by atoms with van der Waals surface area (Å²) in [6.45, 7) is 1.02. The third-order valence-corrected chi connectivity index (χ3v) is 5.94. The van der Waals surface area contributed by atoms with Gasteiger partial charge in [0.1, 0.15) is 23.6 Å². The van der Waals surface area contributed by atoms with Gasteiger partial charge in [0.25, 0.3) is 6.02 Å². The second-order valence-electron chi connectivity index (χ2n) is 7.54. The van der Waals surface area contributed by atoms with Crippen molar-refractivity contribution in [3.63, 3.8) is 0 Å². The Morgan fingerprint density at radius 1 is 1.21 bits per heavy atom. The summed E-state index contributed by atoms with van der Waals surface area (Å²) in [4.78, 5) is 25.5. The van der Waals surface area contributed by atoms with Gasteiger partial charge in [-0.3, -0.25) is 4.79 Å². The summed E-state index contributed by atoms with van der Waals surface area (Å²) < 4.78 is 16.6. The molecule has 2 aliphatic heterocycles. The molecule has 1 aliphatic carbocycles. The maximum Gasteiger partial charge on any atom is 0.283 e. The zero-order valence-corrected chi connectivity index (χ0v) is 15.5. The van der Waals surface area contributed by atoms with Crippen LogP contribution in [0.1, 0.15) is 34.5 Å². The number of aliphatic imine (C=N–C) groups is 1. The standard InChI is InChI=1S/C20H20N4O4/c1-26-17-9-22-14(8-23-17)15(25)7-12-2-3-16-13(6-12)20(11-28-18(21)24-20)19(4-5-19)10-27-16/h2-3,6,8-9H,4-5,7,10-11H2,1H3,(H2,21,24)/t20-/m0/s1. The van der Waals surface area contributed by atoms with Crippen molar-refractivity contribution in [1.29, 1.82) is 0 Å². The lowest BCUT2D eigenvalue weighted by atomic mass is 9.74. The summed E-state index contributed by atoms with van der Waals surface area (Å²) >= 11 is 0. The summed E-state index contributed by atoms with van der Waals surface area (Å²) in [7, 11) is 1.51. The van der Waals surface area contributed by atoms with Crippen LogP contribution in [-0.2, 0) is 16.7 Å². The van der Waals surface area contributed by atoms with Gasteiger partial charge < -0.3 is 19.9 Å². The fourth-order valence-electron chi connectivity index (χ4n) is 4.15. The summed E-state index contributed by atoms with van der Waals surface area (Å²) in [5.41, 5.74) is 7.39. The molecule has 0 saturated heterocycles. The average molecular weight is 380 g/mol. The molecule has 0 amide bonds. The molecule has 3 heterocycles. The van der Waals surface area contributed by atoms with Crippen LogP contribution < -0.4 is 15.2 Å². The Morgan fingerprint density at radius 2 is 2.07 bits per heavy atom. The van der Waals surface area contributed by atoms with E-state index < -0.39 is 5.54 Å². The number of hydrogen-bond donors (Lipinski definition) is 1. The highest BCUT2D eigenvalue weighted by Gasteiger charge is 2.66. The second-order valence-corrected chi connectivity index (χ2v) is 7.54. The Labute approximate surface area is 161 Å². The fraction of sp³-hybridized carbons (Fsp3) is 0.400. The van der Waals surface area contributed by atoms with E-state index in [-0.39, 0.29) is 23.6 Å². The quantitative estimate of drug-likeness (QED) is 0.803. The molecule has 3 aliphatic rings. The van der Waals surface area contributed by atoms with Crippen molar-refractivity contribution in [3.8, 4) is 11.6 Å². The predicted molar refractivity (Wildman–Crippen MR) is 99.5 cm³/mol. The summed E-state index contributed by atoms with van der Waals surface area (Å²) in [6, 6.07) is 6.01. The number of ether oxygens (including phenoxy) is 3. The minimum Gasteiger partial charge on any atom is -0.493 e. The average Bonchev–Trinajstić information content (AvgIpc) is 3.41. The van der Waals surface area contributed by atoms with E-state index in [0.29, 0.717) is 24.8 Å². The first-order valence-electron chi connectivity index (χ1n) is 9.19. The smallest absolute Gasteiger partial charge is 0.283 e. The van der Waals surface area contributed by atoms with Gasteiger partial charge in [-0.2, -0.15) is 0 Å². The van der Waals surface area contributed by atoms with Gasteiger partial charge in [0.15, 0.2) is 5.78 Å². The number of Topliss-reactive ketones (excluding diaryl/α,β-unsaturated/α-hetero) is 1. The highest BCUT2D eigenvalue weighted by Crippen LogP contribution is 2.65. The molecular formula is C20H20N4O4. The fourth-order valence-corrected chi connectivity index (χ4v) is 4.15. The molecule has 1 saturated carbocycles. The van der Waals surface area contributed by atoms with Gasteiger partial charge in [-0.25, -0.2) is 15.0 Å². The van der Waals surface area contributed by atoms with Gasteiger partial charge in [-0.05, 0) is 30.5 Å². The number of amidine groups is 1. The third-order valence-electron chi connectivity index (χ3n) is 5.94. The van der Waals surface area contributed by atoms with E-state index in [1.807, 2.05) is 18.2 Å². The molecule has 1 atom stereocenters. The van der Waals surface area contributed by atoms with Gasteiger partial charge in [0.2, 0.25) is 5.88 Å². The molecule has 0 unspecified atom stereocenters. The predicted octanol–water partition coefficient (Wildman–Crippen LogP) is 1.62. The van der Waals surface area contributed by atoms with Crippen LogP contribution in [0.4, 0.5) is 0 Å². The largest absolute Gasteiger partial charge is 0.493 e. The maximum atomic E-state index is 12.6. The first kappa shape index (κ1) is 17.0. The van der Waals surface area contributed by atoms with E-state index in [4.69, 9.17) is 24.9 Å². The normalized spacial score (nSPS) is 23.5. The topological polar surface area (TPSA) is 109 Å². The van der Waals surface area contributed by atoms with Crippen molar-refractivity contribution in [1.82, 2.24) is 9.97 Å². The number of ketones is 1. The highest BCUT2D eigenvalue weighted by molar-refractivity contribution is 5.95. The molecule has 0 radical (unpaired) electrons. The number of hydrogen-bond acceptors (Lipinski definition) is 8. The van der Waals surface area contributed by atoms with E-state index in [9.17, 15) is 4.79 Å². The van der Waals surface area contributed by atoms with Crippen molar-refractivity contribution in [2.75, 3.05) is 20.3 Å². The van der Waals surface area contributed by atoms with Crippen LogP contribution >= 0.6 is 0 Å². The van der Waals surface area contributed by atoms with Crippen molar-refractivity contribution in [3.05, 3.63) is 47.4 Å². The van der Waals surface area contributed by atoms with E-state index in [0.717, 1.165) is 29.7 Å². The lowest BCUT2D eigenvalue weighted by Gasteiger charge is -2.39. The number of carbonyl (C=O) groups is 1. The van der Waals surface area contributed by atoms with Crippen LogP contribution in [0, 0.1) is 5.41 Å². The Hall–Kier alpha value is -3.16. The van der Waals surface area contributed by atoms with E-state index in [1.165, 1.54) is 19.5 Å². The molecule has 1 aromatic carbocycles. The highest BCUT2D eigenvalue weighted by atomic mass is 16.5. The van der Waals surface area contributed by atoms with Gasteiger partial charge in [0.05, 0.1) is 26.1 Å². The Bertz CT molecular complexity index is 984. The van der Waals surface area contributed by atoms with Crippen LogP contribution in [0.25, 0.3) is 0 Å². The molecule has 5 rings (SSSR count). The molecule has 1 aromatic heterocycles. The zero-order valence-electron chi connectivity index (χ0n) is 15.5. The summed E-state index contributed by atoms with van der Waals surface area (Å²) in [5, 5.41) is 0. The van der Waals surface area contributed by atoms with E-state index in [2.05, 4.69) is 9.97 Å². The molecule has 8 nitrogen and oxygen atoms in total. The Balaban J connectivity index is 1.47. The van der Waals surface area contributed by atoms with Crippen LogP contribution in [0.5, 0.6) is 11.6 Å². The van der Waals surface area contributed by atoms with Gasteiger partial charge >= 0.3 is 0 Å². The summed E-state index contributed by atoms with van der Waals surface area (Å²) in [6.07, 6.45) is 5.12. The lowest BCUT2D eigenvalue weighted by molar-refractivity contribution is 0.0869. The number of carbonyl (C=O) groups excluding carboxylic acids is 1. The first-order valence-corrected chi connectivity index (χ1v) is 9.19. The SMILES string of the molecule is COc1cnc(C(=O)Cc2ccc3c(c2)[C@@]2(COC(N)=N2)C2(CC2)CO3)cn1. The number of methoxy groups -OCH3 is 1. The molecule has 2 aromatic rings. The molecule has 1 fully saturated rings. The molecule has 28 heavy (non-hydrogen) atoms. The van der Waals surface area contributed by atoms with Crippen molar-refractivity contribution >= 4 is 11.8 Å². The number of benzene rings is 1. The van der Waals surface area contributed by atoms with Gasteiger partial charge in [-0.1, -0.05) is 6.07 Å². The maximum absolute atomic E-state index is 12.6. The first-order chi connectivity index (χ1) is 13.6. The van der Waals surface area contributed by atoms with Crippen molar-refractivity contribution in [2.45, 2.75) is 24.8 Å². The van der Waals surface area contributed by atoms with Gasteiger partial charge in [0, 0.05) is 17.4 Å². The van der Waals surface area contributed by atoms with Crippen LogP contribution in [0.2, 0.25) is 0 Å². The number of rotatable bonds is 4. The molecule has 0 bridgehead atoms. The molecule has 2 N–H and O–H groups in total. The van der Waals surface area contributed by atoms with Crippen LogP contribution in [0.3, 0.4) is 0 Å². The van der Waals surface area contributed by atoms with E-state index >= 15 is 0 Å². The Morgan fingerprint density at radius 3 is 2.71 bits per heavy atom. The zero-order chi connectivity index (χ0) is 19.4. The molecule has 8 heteroatoms. The third kappa shape index (κ3) is 2.44. The lowest BCUT2D eigenvalue weighted by Crippen LogP contribution is -2.44. The van der Waals surface area contributed by atoms with E-state index in [1.54, 1.807) is 0 Å². The Kier molecular flexibility index (Phi) is 3.59. The molecule has 144 valence electrons. The van der Waals surface area contributed by atoms with Crippen molar-refractivity contribution in [2.24, 2.45) is 16.1 Å². The molecule has 2 spiro atoms. The van der Waals surface area contributed by atoms with Crippen molar-refractivity contribution < 1.29 is 19.0 Å². The number of nitrogens with two attached hydrogens (primary N) is 1. The van der Waals surface area contributed by atoms with Crippen LogP contribution in [-0.4, -0.2) is 42.1 Å². The monoisotopic (exact) mass is 380 g/mol. The number of fused-ring (bicyclic) bond motifs is 3. The molecular weight excluding hydrogens is 360 g/mol. The number of aromatic nitrogens is 2. The second kappa shape index (κ2) is 5.92. The minimum atomic E-state index is -0.524.